The van der Waals surface area contributed by atoms with E-state index in [1.807, 2.05) is 41.6 Å². The molecular weight excluding hydrogens is 284 g/mol. The Kier molecular flexibility index (Phi) is 3.90. The molecule has 0 saturated heterocycles. The molecular formula is C15H18N4OS. The first kappa shape index (κ1) is 14.0. The number of hydrogen-bond acceptors (Lipinski definition) is 5. The van der Waals surface area contributed by atoms with Gasteiger partial charge in [-0.25, -0.2) is 4.98 Å². The Balaban J connectivity index is 1.89. The van der Waals surface area contributed by atoms with Crippen molar-refractivity contribution < 1.29 is 4.79 Å². The van der Waals surface area contributed by atoms with Gasteiger partial charge in [-0.2, -0.15) is 0 Å². The third-order valence-corrected chi connectivity index (χ3v) is 4.53. The number of carbonyl (C=O) groups excluding carboxylic acids is 1. The molecule has 1 aliphatic rings. The number of fused-ring (bicyclic) bond motifs is 1. The number of amides is 1. The lowest BCUT2D eigenvalue weighted by Crippen LogP contribution is -2.42. The Hall–Kier alpha value is -1.92. The molecule has 2 aromatic rings. The van der Waals surface area contributed by atoms with Crippen LogP contribution in [0.3, 0.4) is 0 Å². The van der Waals surface area contributed by atoms with Crippen molar-refractivity contribution in [1.29, 1.82) is 0 Å². The Morgan fingerprint density at radius 2 is 2.10 bits per heavy atom. The third-order valence-electron chi connectivity index (χ3n) is 3.62. The highest BCUT2D eigenvalue weighted by atomic mass is 32.1. The van der Waals surface area contributed by atoms with Gasteiger partial charge < -0.3 is 15.5 Å². The highest BCUT2D eigenvalue weighted by Gasteiger charge is 2.26. The summed E-state index contributed by atoms with van der Waals surface area (Å²) in [6.45, 7) is 2.05. The summed E-state index contributed by atoms with van der Waals surface area (Å²) in [5.74, 6) is -0.0323. The van der Waals surface area contributed by atoms with Gasteiger partial charge in [0.2, 0.25) is 0 Å². The van der Waals surface area contributed by atoms with Crippen LogP contribution < -0.4 is 15.5 Å². The first-order chi connectivity index (χ1) is 10.2. The third kappa shape index (κ3) is 2.64. The van der Waals surface area contributed by atoms with E-state index in [0.29, 0.717) is 18.8 Å². The van der Waals surface area contributed by atoms with E-state index in [-0.39, 0.29) is 5.91 Å². The van der Waals surface area contributed by atoms with Crippen molar-refractivity contribution in [1.82, 2.24) is 4.98 Å². The van der Waals surface area contributed by atoms with E-state index in [1.54, 1.807) is 0 Å². The van der Waals surface area contributed by atoms with Crippen LogP contribution in [-0.4, -0.2) is 37.6 Å². The highest BCUT2D eigenvalue weighted by molar-refractivity contribution is 7.09. The van der Waals surface area contributed by atoms with E-state index in [0.717, 1.165) is 29.3 Å². The van der Waals surface area contributed by atoms with Crippen molar-refractivity contribution >= 4 is 28.6 Å². The number of para-hydroxylation sites is 2. The molecule has 0 spiro atoms. The number of nitrogens with zero attached hydrogens (tertiary/aromatic N) is 3. The van der Waals surface area contributed by atoms with Crippen molar-refractivity contribution in [2.75, 3.05) is 36.5 Å². The van der Waals surface area contributed by atoms with Crippen molar-refractivity contribution in [3.8, 4) is 0 Å². The molecule has 1 aromatic carbocycles. The van der Waals surface area contributed by atoms with Crippen LogP contribution in [-0.2, 0) is 6.42 Å². The van der Waals surface area contributed by atoms with Crippen LogP contribution in [0.1, 0.15) is 15.5 Å². The van der Waals surface area contributed by atoms with Gasteiger partial charge in [0.15, 0.2) is 0 Å². The standard InChI is InChI=1S/C15H18N4OS/c1-18-8-9-19(13-5-3-2-4-12(13)18)15(20)11-10-21-14(17-11)6-7-16/h2-5,10H,6-9,16H2,1H3. The van der Waals surface area contributed by atoms with E-state index in [9.17, 15) is 4.79 Å². The molecule has 0 saturated carbocycles. The number of aromatic nitrogens is 1. The van der Waals surface area contributed by atoms with Gasteiger partial charge in [0.1, 0.15) is 5.69 Å². The van der Waals surface area contributed by atoms with Crippen LogP contribution in [0.25, 0.3) is 0 Å². The maximum Gasteiger partial charge on any atom is 0.277 e. The zero-order valence-corrected chi connectivity index (χ0v) is 12.8. The second-order valence-corrected chi connectivity index (χ2v) is 5.97. The predicted molar refractivity (Wildman–Crippen MR) is 86.3 cm³/mol. The smallest absolute Gasteiger partial charge is 0.277 e. The van der Waals surface area contributed by atoms with Crippen LogP contribution in [0.4, 0.5) is 11.4 Å². The zero-order chi connectivity index (χ0) is 14.8. The summed E-state index contributed by atoms with van der Waals surface area (Å²) < 4.78 is 0. The van der Waals surface area contributed by atoms with Crippen LogP contribution in [0.2, 0.25) is 0 Å². The van der Waals surface area contributed by atoms with Gasteiger partial charge in [0.05, 0.1) is 16.4 Å². The lowest BCUT2D eigenvalue weighted by molar-refractivity contribution is 0.0982. The Bertz CT molecular complexity index is 655. The molecule has 1 amide bonds. The van der Waals surface area contributed by atoms with Gasteiger partial charge in [-0.05, 0) is 18.7 Å². The second kappa shape index (κ2) is 5.83. The fourth-order valence-corrected chi connectivity index (χ4v) is 3.29. The fourth-order valence-electron chi connectivity index (χ4n) is 2.50. The van der Waals surface area contributed by atoms with Gasteiger partial charge in [-0.15, -0.1) is 11.3 Å². The number of rotatable bonds is 3. The van der Waals surface area contributed by atoms with E-state index < -0.39 is 0 Å². The van der Waals surface area contributed by atoms with Gasteiger partial charge in [-0.1, -0.05) is 12.1 Å². The van der Waals surface area contributed by atoms with Crippen LogP contribution in [0.15, 0.2) is 29.6 Å². The van der Waals surface area contributed by atoms with E-state index in [1.165, 1.54) is 11.3 Å². The van der Waals surface area contributed by atoms with Crippen molar-refractivity contribution in [3.63, 3.8) is 0 Å². The Morgan fingerprint density at radius 3 is 2.86 bits per heavy atom. The van der Waals surface area contributed by atoms with Gasteiger partial charge in [-0.3, -0.25) is 4.79 Å². The number of carbonyl (C=O) groups is 1. The average molecular weight is 302 g/mol. The minimum atomic E-state index is -0.0323. The summed E-state index contributed by atoms with van der Waals surface area (Å²) >= 11 is 1.50. The summed E-state index contributed by atoms with van der Waals surface area (Å²) in [6, 6.07) is 7.97. The van der Waals surface area contributed by atoms with Crippen LogP contribution in [0, 0.1) is 0 Å². The lowest BCUT2D eigenvalue weighted by Gasteiger charge is -2.35. The molecule has 0 radical (unpaired) electrons. The summed E-state index contributed by atoms with van der Waals surface area (Å²) in [5.41, 5.74) is 8.08. The monoisotopic (exact) mass is 302 g/mol. The highest BCUT2D eigenvalue weighted by Crippen LogP contribution is 2.32. The van der Waals surface area contributed by atoms with Gasteiger partial charge in [0, 0.05) is 31.9 Å². The lowest BCUT2D eigenvalue weighted by atomic mass is 10.1. The molecule has 0 aliphatic carbocycles. The maximum absolute atomic E-state index is 12.7. The van der Waals surface area contributed by atoms with E-state index in [2.05, 4.69) is 9.88 Å². The molecule has 0 fully saturated rings. The summed E-state index contributed by atoms with van der Waals surface area (Å²) in [6.07, 6.45) is 0.720. The predicted octanol–water partition coefficient (Wildman–Crippen LogP) is 1.74. The molecule has 0 atom stereocenters. The summed E-state index contributed by atoms with van der Waals surface area (Å²) in [4.78, 5) is 21.1. The van der Waals surface area contributed by atoms with E-state index >= 15 is 0 Å². The summed E-state index contributed by atoms with van der Waals surface area (Å²) in [5, 5.41) is 2.75. The number of nitrogens with two attached hydrogens (primary N) is 1. The van der Waals surface area contributed by atoms with Crippen LogP contribution >= 0.6 is 11.3 Å². The number of anilines is 2. The molecule has 2 heterocycles. The molecule has 2 N–H and O–H groups in total. The molecule has 1 aliphatic heterocycles. The largest absolute Gasteiger partial charge is 0.371 e. The minimum Gasteiger partial charge on any atom is -0.371 e. The molecule has 5 nitrogen and oxygen atoms in total. The maximum atomic E-state index is 12.7. The summed E-state index contributed by atoms with van der Waals surface area (Å²) in [7, 11) is 2.04. The molecule has 0 bridgehead atoms. The first-order valence-corrected chi connectivity index (χ1v) is 7.85. The quantitative estimate of drug-likeness (QED) is 0.938. The molecule has 21 heavy (non-hydrogen) atoms. The molecule has 6 heteroatoms. The topological polar surface area (TPSA) is 62.5 Å². The van der Waals surface area contributed by atoms with Gasteiger partial charge in [0.25, 0.3) is 5.91 Å². The normalized spacial score (nSPS) is 14.2. The first-order valence-electron chi connectivity index (χ1n) is 6.97. The molecule has 110 valence electrons. The number of thiazole rings is 1. The molecule has 1 aromatic heterocycles. The molecule has 3 rings (SSSR count). The number of benzene rings is 1. The minimum absolute atomic E-state index is 0.0323. The van der Waals surface area contributed by atoms with Crippen molar-refractivity contribution in [2.24, 2.45) is 5.73 Å². The second-order valence-electron chi connectivity index (χ2n) is 5.03. The Morgan fingerprint density at radius 1 is 1.33 bits per heavy atom. The average Bonchev–Trinajstić information content (AvgIpc) is 2.96. The SMILES string of the molecule is CN1CCN(C(=O)c2csc(CCN)n2)c2ccccc21. The number of likely N-dealkylation sites (N-methyl/N-ethyl adjacent to an activating group) is 1. The number of hydrogen-bond donors (Lipinski definition) is 1. The fraction of sp³-hybridized carbons (Fsp3) is 0.333. The van der Waals surface area contributed by atoms with Crippen molar-refractivity contribution in [3.05, 3.63) is 40.3 Å². The van der Waals surface area contributed by atoms with Crippen molar-refractivity contribution in [2.45, 2.75) is 6.42 Å². The zero-order valence-electron chi connectivity index (χ0n) is 12.0. The molecule has 0 unspecified atom stereocenters. The van der Waals surface area contributed by atoms with Crippen LogP contribution in [0.5, 0.6) is 0 Å². The Labute approximate surface area is 128 Å². The van der Waals surface area contributed by atoms with E-state index in [4.69, 9.17) is 5.73 Å². The van der Waals surface area contributed by atoms with Gasteiger partial charge >= 0.3 is 0 Å².